The van der Waals surface area contributed by atoms with Gasteiger partial charge in [0.15, 0.2) is 0 Å². The molecule has 1 aliphatic rings. The molecule has 2 N–H and O–H groups in total. The minimum absolute atomic E-state index is 0.0133. The Labute approximate surface area is 109 Å². The molecule has 4 nitrogen and oxygen atoms in total. The van der Waals surface area contributed by atoms with Crippen molar-refractivity contribution in [2.45, 2.75) is 18.9 Å². The zero-order valence-corrected chi connectivity index (χ0v) is 10.4. The molecule has 3 rings (SSSR count). The summed E-state index contributed by atoms with van der Waals surface area (Å²) in [6.07, 6.45) is 1.74. The van der Waals surface area contributed by atoms with Crippen LogP contribution in [0.25, 0.3) is 10.9 Å². The second-order valence-electron chi connectivity index (χ2n) is 4.89. The molecule has 2 heterocycles. The highest BCUT2D eigenvalue weighted by Crippen LogP contribution is 2.22. The summed E-state index contributed by atoms with van der Waals surface area (Å²) >= 11 is 0. The average molecular weight is 262 g/mol. The summed E-state index contributed by atoms with van der Waals surface area (Å²) in [7, 11) is 0. The Balaban J connectivity index is 1.93. The molecule has 1 atom stereocenters. The Morgan fingerprint density at radius 1 is 1.47 bits per heavy atom. The number of fused-ring (bicyclic) bond motifs is 1. The summed E-state index contributed by atoms with van der Waals surface area (Å²) in [5.41, 5.74) is 1.19. The van der Waals surface area contributed by atoms with Crippen LogP contribution in [0.1, 0.15) is 23.3 Å². The number of benzene rings is 1. The first-order valence-electron chi connectivity index (χ1n) is 6.39. The van der Waals surface area contributed by atoms with E-state index >= 15 is 0 Å². The Morgan fingerprint density at radius 2 is 2.32 bits per heavy atom. The Bertz CT molecular complexity index is 623. The number of rotatable bonds is 2. The number of amides is 1. The summed E-state index contributed by atoms with van der Waals surface area (Å²) < 4.78 is 13.1. The van der Waals surface area contributed by atoms with E-state index < -0.39 is 0 Å². The van der Waals surface area contributed by atoms with Gasteiger partial charge < -0.3 is 15.0 Å². The van der Waals surface area contributed by atoms with Gasteiger partial charge in [-0.3, -0.25) is 4.79 Å². The van der Waals surface area contributed by atoms with Crippen molar-refractivity contribution in [2.24, 2.45) is 0 Å². The zero-order chi connectivity index (χ0) is 13.4. The molecule has 100 valence electrons. The molecule has 0 bridgehead atoms. The molecule has 0 unspecified atom stereocenters. The summed E-state index contributed by atoms with van der Waals surface area (Å²) in [6, 6.07) is 5.94. The van der Waals surface area contributed by atoms with Crippen LogP contribution in [-0.4, -0.2) is 40.1 Å². The number of aromatic amines is 1. The summed E-state index contributed by atoms with van der Waals surface area (Å²) in [5.74, 6) is -0.451. The predicted octanol–water partition coefficient (Wildman–Crippen LogP) is 1.90. The standard InChI is InChI=1S/C14H15FN2O2/c15-10-3-4-12-9(6-10)7-13(16-12)14(19)17-5-1-2-11(17)8-18/h3-4,6-7,11,16,18H,1-2,5,8H2/t11-/m1/s1. The number of nitrogens with one attached hydrogen (secondary N) is 1. The number of nitrogens with zero attached hydrogens (tertiary/aromatic N) is 1. The molecule has 1 fully saturated rings. The van der Waals surface area contributed by atoms with Crippen molar-refractivity contribution < 1.29 is 14.3 Å². The quantitative estimate of drug-likeness (QED) is 0.868. The number of aromatic nitrogens is 1. The monoisotopic (exact) mass is 262 g/mol. The van der Waals surface area contributed by atoms with Crippen molar-refractivity contribution in [3.63, 3.8) is 0 Å². The van der Waals surface area contributed by atoms with Crippen molar-refractivity contribution in [1.82, 2.24) is 9.88 Å². The van der Waals surface area contributed by atoms with E-state index in [4.69, 9.17) is 0 Å². The third kappa shape index (κ3) is 2.10. The number of aliphatic hydroxyl groups excluding tert-OH is 1. The number of halogens is 1. The number of aliphatic hydroxyl groups is 1. The highest BCUT2D eigenvalue weighted by molar-refractivity contribution is 5.98. The molecule has 19 heavy (non-hydrogen) atoms. The predicted molar refractivity (Wildman–Crippen MR) is 69.4 cm³/mol. The largest absolute Gasteiger partial charge is 0.394 e. The lowest BCUT2D eigenvalue weighted by atomic mass is 10.2. The van der Waals surface area contributed by atoms with Gasteiger partial charge in [0.25, 0.3) is 5.91 Å². The fourth-order valence-corrected chi connectivity index (χ4v) is 2.67. The van der Waals surface area contributed by atoms with Crippen LogP contribution in [0.2, 0.25) is 0 Å². The van der Waals surface area contributed by atoms with Crippen LogP contribution < -0.4 is 0 Å². The molecule has 1 aliphatic heterocycles. The van der Waals surface area contributed by atoms with Gasteiger partial charge in [-0.05, 0) is 37.1 Å². The SMILES string of the molecule is O=C(c1cc2cc(F)ccc2[nH]1)N1CCC[C@@H]1CO. The zero-order valence-electron chi connectivity index (χ0n) is 10.4. The van der Waals surface area contributed by atoms with Gasteiger partial charge in [-0.25, -0.2) is 4.39 Å². The first-order chi connectivity index (χ1) is 9.19. The lowest BCUT2D eigenvalue weighted by Crippen LogP contribution is -2.37. The molecular weight excluding hydrogens is 247 g/mol. The minimum atomic E-state index is -0.320. The Hall–Kier alpha value is -1.88. The van der Waals surface area contributed by atoms with Crippen molar-refractivity contribution in [1.29, 1.82) is 0 Å². The summed E-state index contributed by atoms with van der Waals surface area (Å²) in [5, 5.41) is 9.94. The summed E-state index contributed by atoms with van der Waals surface area (Å²) in [6.45, 7) is 0.647. The van der Waals surface area contributed by atoms with E-state index in [1.807, 2.05) is 0 Å². The van der Waals surface area contributed by atoms with Gasteiger partial charge in [-0.15, -0.1) is 0 Å². The van der Waals surface area contributed by atoms with Crippen LogP contribution in [0, 0.1) is 5.82 Å². The second kappa shape index (κ2) is 4.66. The van der Waals surface area contributed by atoms with Crippen LogP contribution in [0.15, 0.2) is 24.3 Å². The normalized spacial score (nSPS) is 19.3. The van der Waals surface area contributed by atoms with Crippen molar-refractivity contribution in [2.75, 3.05) is 13.2 Å². The smallest absolute Gasteiger partial charge is 0.270 e. The molecule has 0 aliphatic carbocycles. The lowest BCUT2D eigenvalue weighted by Gasteiger charge is -2.22. The van der Waals surface area contributed by atoms with Crippen molar-refractivity contribution >= 4 is 16.8 Å². The van der Waals surface area contributed by atoms with Crippen LogP contribution in [0.4, 0.5) is 4.39 Å². The van der Waals surface area contributed by atoms with E-state index in [9.17, 15) is 14.3 Å². The Kier molecular flexibility index (Phi) is 2.98. The molecule has 5 heteroatoms. The first-order valence-corrected chi connectivity index (χ1v) is 6.39. The maximum atomic E-state index is 13.1. The third-order valence-electron chi connectivity index (χ3n) is 3.66. The third-order valence-corrected chi connectivity index (χ3v) is 3.66. The molecule has 0 saturated carbocycles. The van der Waals surface area contributed by atoms with Gasteiger partial charge in [0.05, 0.1) is 12.6 Å². The van der Waals surface area contributed by atoms with E-state index in [-0.39, 0.29) is 24.4 Å². The maximum Gasteiger partial charge on any atom is 0.270 e. The van der Waals surface area contributed by atoms with E-state index in [0.29, 0.717) is 17.6 Å². The fourth-order valence-electron chi connectivity index (χ4n) is 2.67. The van der Waals surface area contributed by atoms with Crippen molar-refractivity contribution in [3.05, 3.63) is 35.8 Å². The average Bonchev–Trinajstić information content (AvgIpc) is 3.03. The van der Waals surface area contributed by atoms with Crippen LogP contribution >= 0.6 is 0 Å². The summed E-state index contributed by atoms with van der Waals surface area (Å²) in [4.78, 5) is 17.0. The molecule has 0 radical (unpaired) electrons. The number of hydrogen-bond donors (Lipinski definition) is 2. The second-order valence-corrected chi connectivity index (χ2v) is 4.89. The highest BCUT2D eigenvalue weighted by atomic mass is 19.1. The van der Waals surface area contributed by atoms with E-state index in [1.54, 1.807) is 17.0 Å². The number of likely N-dealkylation sites (tertiary alicyclic amines) is 1. The van der Waals surface area contributed by atoms with Crippen LogP contribution in [0.3, 0.4) is 0 Å². The number of carbonyl (C=O) groups excluding carboxylic acids is 1. The first kappa shape index (κ1) is 12.2. The molecule has 1 amide bonds. The van der Waals surface area contributed by atoms with E-state index in [0.717, 1.165) is 18.4 Å². The lowest BCUT2D eigenvalue weighted by molar-refractivity contribution is 0.0672. The molecule has 0 spiro atoms. The minimum Gasteiger partial charge on any atom is -0.394 e. The van der Waals surface area contributed by atoms with Crippen LogP contribution in [0.5, 0.6) is 0 Å². The molecule has 2 aromatic rings. The fraction of sp³-hybridized carbons (Fsp3) is 0.357. The van der Waals surface area contributed by atoms with Gasteiger partial charge in [-0.1, -0.05) is 0 Å². The maximum absolute atomic E-state index is 13.1. The van der Waals surface area contributed by atoms with Crippen LogP contribution in [-0.2, 0) is 0 Å². The number of H-pyrrole nitrogens is 1. The highest BCUT2D eigenvalue weighted by Gasteiger charge is 2.29. The molecule has 1 aromatic carbocycles. The van der Waals surface area contributed by atoms with Crippen molar-refractivity contribution in [3.8, 4) is 0 Å². The van der Waals surface area contributed by atoms with Gasteiger partial charge >= 0.3 is 0 Å². The molecule has 1 saturated heterocycles. The van der Waals surface area contributed by atoms with Gasteiger partial charge in [0.2, 0.25) is 0 Å². The van der Waals surface area contributed by atoms with E-state index in [1.165, 1.54) is 12.1 Å². The molecule has 1 aromatic heterocycles. The van der Waals surface area contributed by atoms with Gasteiger partial charge in [0, 0.05) is 17.4 Å². The Morgan fingerprint density at radius 3 is 3.11 bits per heavy atom. The number of hydrogen-bond acceptors (Lipinski definition) is 2. The number of carbonyl (C=O) groups is 1. The van der Waals surface area contributed by atoms with Gasteiger partial charge in [-0.2, -0.15) is 0 Å². The van der Waals surface area contributed by atoms with Gasteiger partial charge in [0.1, 0.15) is 11.5 Å². The topological polar surface area (TPSA) is 56.3 Å². The molecular formula is C14H15FN2O2. The van der Waals surface area contributed by atoms with E-state index in [2.05, 4.69) is 4.98 Å².